The van der Waals surface area contributed by atoms with E-state index < -0.39 is 5.97 Å². The number of carbonyl (C=O) groups is 1. The molecule has 0 saturated heterocycles. The van der Waals surface area contributed by atoms with E-state index in [9.17, 15) is 4.79 Å². The maximum Gasteiger partial charge on any atom is 0.359 e. The van der Waals surface area contributed by atoms with E-state index in [0.717, 1.165) is 33.2 Å². The molecule has 0 aliphatic rings. The lowest BCUT2D eigenvalue weighted by molar-refractivity contribution is 0.0518. The molecule has 0 spiro atoms. The van der Waals surface area contributed by atoms with Gasteiger partial charge in [0.15, 0.2) is 5.69 Å². The van der Waals surface area contributed by atoms with Crippen LogP contribution in [0, 0.1) is 13.8 Å². The average Bonchev–Trinajstić information content (AvgIpc) is 3.55. The lowest BCUT2D eigenvalue weighted by Crippen LogP contribution is -2.14. The molecule has 0 atom stereocenters. The Morgan fingerprint density at radius 1 is 0.872 bits per heavy atom. The summed E-state index contributed by atoms with van der Waals surface area (Å²) in [5.41, 5.74) is 5.96. The highest BCUT2D eigenvalue weighted by Gasteiger charge is 2.24. The van der Waals surface area contributed by atoms with E-state index in [4.69, 9.17) is 9.84 Å². The Balaban J connectivity index is 1.64. The van der Waals surface area contributed by atoms with Gasteiger partial charge in [-0.1, -0.05) is 77.6 Å². The first kappa shape index (κ1) is 26.0. The second kappa shape index (κ2) is 11.4. The number of hydrogen-bond acceptors (Lipinski definition) is 7. The first-order valence-corrected chi connectivity index (χ1v) is 13.4. The van der Waals surface area contributed by atoms with Crippen molar-refractivity contribution in [2.24, 2.45) is 10.2 Å². The molecule has 5 aromatic rings. The van der Waals surface area contributed by atoms with Crippen LogP contribution in [0.3, 0.4) is 0 Å². The third kappa shape index (κ3) is 5.49. The summed E-state index contributed by atoms with van der Waals surface area (Å²) in [7, 11) is 0. The van der Waals surface area contributed by atoms with Crippen LogP contribution in [0.1, 0.15) is 41.2 Å². The molecule has 2 aromatic heterocycles. The highest BCUT2D eigenvalue weighted by Crippen LogP contribution is 2.22. The zero-order chi connectivity index (χ0) is 27.4. The van der Waals surface area contributed by atoms with Crippen molar-refractivity contribution in [3.63, 3.8) is 0 Å². The van der Waals surface area contributed by atoms with Crippen molar-refractivity contribution in [2.75, 3.05) is 6.61 Å². The molecule has 3 aromatic carbocycles. The fourth-order valence-corrected chi connectivity index (χ4v) is 5.03. The van der Waals surface area contributed by atoms with Crippen LogP contribution in [0.4, 0.5) is 0 Å². The fourth-order valence-electron chi connectivity index (χ4n) is 4.16. The zero-order valence-corrected chi connectivity index (χ0v) is 23.0. The van der Waals surface area contributed by atoms with Crippen LogP contribution >= 0.6 is 11.3 Å². The molecule has 0 aliphatic carbocycles. The first-order chi connectivity index (χ1) is 19.0. The molecule has 196 valence electrons. The quantitative estimate of drug-likeness (QED) is 0.147. The van der Waals surface area contributed by atoms with Crippen molar-refractivity contribution in [1.82, 2.24) is 19.6 Å². The van der Waals surface area contributed by atoms with E-state index >= 15 is 0 Å². The molecule has 9 heteroatoms. The van der Waals surface area contributed by atoms with Gasteiger partial charge < -0.3 is 4.74 Å². The van der Waals surface area contributed by atoms with E-state index in [-0.39, 0.29) is 12.3 Å². The minimum atomic E-state index is -0.500. The van der Waals surface area contributed by atoms with E-state index in [1.54, 1.807) is 16.3 Å². The number of para-hydroxylation sites is 1. The van der Waals surface area contributed by atoms with E-state index in [1.165, 1.54) is 11.3 Å². The van der Waals surface area contributed by atoms with Crippen molar-refractivity contribution < 1.29 is 9.53 Å². The number of ether oxygens (including phenoxy) is 1. The van der Waals surface area contributed by atoms with E-state index in [2.05, 4.69) is 15.3 Å². The van der Waals surface area contributed by atoms with Gasteiger partial charge in [0.2, 0.25) is 4.80 Å². The lowest BCUT2D eigenvalue weighted by atomic mass is 10.1. The summed E-state index contributed by atoms with van der Waals surface area (Å²) in [6.45, 7) is 7.78. The Labute approximate surface area is 230 Å². The minimum absolute atomic E-state index is 0.205. The molecule has 0 fully saturated rings. The van der Waals surface area contributed by atoms with E-state index in [0.29, 0.717) is 16.1 Å². The molecule has 39 heavy (non-hydrogen) atoms. The molecule has 0 saturated carbocycles. The van der Waals surface area contributed by atoms with Gasteiger partial charge >= 0.3 is 5.97 Å². The number of rotatable bonds is 7. The Morgan fingerprint density at radius 3 is 2.18 bits per heavy atom. The summed E-state index contributed by atoms with van der Waals surface area (Å²) in [5, 5.41) is 19.4. The van der Waals surface area contributed by atoms with Crippen molar-refractivity contribution >= 4 is 23.0 Å². The fraction of sp³-hybridized carbons (Fsp3) is 0.167. The molecular weight excluding hydrogens is 508 g/mol. The lowest BCUT2D eigenvalue weighted by Gasteiger charge is -2.05. The normalized spacial score (nSPS) is 12.1. The van der Waals surface area contributed by atoms with Gasteiger partial charge in [0, 0.05) is 5.56 Å². The van der Waals surface area contributed by atoms with Crippen molar-refractivity contribution in [1.29, 1.82) is 0 Å². The van der Waals surface area contributed by atoms with Gasteiger partial charge in [0.1, 0.15) is 5.01 Å². The molecule has 0 bridgehead atoms. The van der Waals surface area contributed by atoms with Gasteiger partial charge in [-0.15, -0.1) is 5.10 Å². The molecule has 0 amide bonds. The van der Waals surface area contributed by atoms with Gasteiger partial charge in [-0.3, -0.25) is 0 Å². The second-order valence-corrected chi connectivity index (χ2v) is 9.82. The smallest absolute Gasteiger partial charge is 0.359 e. The van der Waals surface area contributed by atoms with Crippen LogP contribution < -0.4 is 4.80 Å². The molecule has 0 unspecified atom stereocenters. The molecule has 5 rings (SSSR count). The number of esters is 1. The molecule has 0 radical (unpaired) electrons. The number of benzene rings is 3. The summed E-state index contributed by atoms with van der Waals surface area (Å²) in [4.78, 5) is 13.5. The topological polar surface area (TPSA) is 86.7 Å². The van der Waals surface area contributed by atoms with Crippen LogP contribution in [0.2, 0.25) is 0 Å². The predicted octanol–water partition coefficient (Wildman–Crippen LogP) is 5.90. The molecule has 0 aliphatic heterocycles. The Bertz CT molecular complexity index is 1700. The second-order valence-electron chi connectivity index (χ2n) is 8.87. The average molecular weight is 537 g/mol. The van der Waals surface area contributed by atoms with Gasteiger partial charge in [0.25, 0.3) is 0 Å². The Kier molecular flexibility index (Phi) is 7.60. The standard InChI is InChI=1S/C30H28N6O2S/c1-5-38-29(37)27-26(22(4)35(33-27)25-18-16-20(2)17-19-25)21(3)31-32-30-36(24-14-10-7-11-15-24)34-28(39-30)23-12-8-6-9-13-23/h6-19H,5H2,1-4H3/b31-21+,32-30-. The molecule has 2 heterocycles. The van der Waals surface area contributed by atoms with Crippen LogP contribution in [0.25, 0.3) is 21.9 Å². The molecule has 0 N–H and O–H groups in total. The van der Waals surface area contributed by atoms with Crippen LogP contribution in [0.5, 0.6) is 0 Å². The Hall–Kier alpha value is -4.63. The highest BCUT2D eigenvalue weighted by atomic mass is 32.1. The van der Waals surface area contributed by atoms with Gasteiger partial charge in [-0.05, 0) is 52.0 Å². The number of hydrogen-bond donors (Lipinski definition) is 0. The van der Waals surface area contributed by atoms with Gasteiger partial charge in [-0.2, -0.15) is 15.3 Å². The number of carbonyl (C=O) groups excluding carboxylic acids is 1. The summed E-state index contributed by atoms with van der Waals surface area (Å²) < 4.78 is 8.84. The maximum atomic E-state index is 12.9. The van der Waals surface area contributed by atoms with E-state index in [1.807, 2.05) is 106 Å². The monoisotopic (exact) mass is 536 g/mol. The van der Waals surface area contributed by atoms with Gasteiger partial charge in [0.05, 0.1) is 35.0 Å². The van der Waals surface area contributed by atoms with Crippen molar-refractivity contribution in [3.05, 3.63) is 112 Å². The summed E-state index contributed by atoms with van der Waals surface area (Å²) in [6.07, 6.45) is 0. The number of aryl methyl sites for hydroxylation is 1. The Morgan fingerprint density at radius 2 is 1.51 bits per heavy atom. The SMILES string of the molecule is CCOC(=O)c1nn(-c2ccc(C)cc2)c(C)c1/C(C)=N/N=c1\sc(-c2ccccc2)nn1-c1ccccc1. The van der Waals surface area contributed by atoms with Crippen LogP contribution in [-0.2, 0) is 4.74 Å². The highest BCUT2D eigenvalue weighted by molar-refractivity contribution is 7.12. The van der Waals surface area contributed by atoms with Crippen molar-refractivity contribution in [3.8, 4) is 21.9 Å². The maximum absolute atomic E-state index is 12.9. The zero-order valence-electron chi connectivity index (χ0n) is 22.2. The van der Waals surface area contributed by atoms with Crippen molar-refractivity contribution in [2.45, 2.75) is 27.7 Å². The van der Waals surface area contributed by atoms with Crippen LogP contribution in [-0.4, -0.2) is 37.8 Å². The third-order valence-corrected chi connectivity index (χ3v) is 7.04. The third-order valence-electron chi connectivity index (χ3n) is 6.09. The van der Waals surface area contributed by atoms with Crippen LogP contribution in [0.15, 0.2) is 95.1 Å². The largest absolute Gasteiger partial charge is 0.461 e. The summed E-state index contributed by atoms with van der Waals surface area (Å²) in [6, 6.07) is 27.7. The number of nitrogens with zero attached hydrogens (tertiary/aromatic N) is 6. The molecule has 8 nitrogen and oxygen atoms in total. The predicted molar refractivity (Wildman–Crippen MR) is 154 cm³/mol. The minimum Gasteiger partial charge on any atom is -0.461 e. The molecular formula is C30H28N6O2S. The number of aromatic nitrogens is 4. The first-order valence-electron chi connectivity index (χ1n) is 12.6. The van der Waals surface area contributed by atoms with Gasteiger partial charge in [-0.25, -0.2) is 14.2 Å². The summed E-state index contributed by atoms with van der Waals surface area (Å²) >= 11 is 1.44. The summed E-state index contributed by atoms with van der Waals surface area (Å²) in [5.74, 6) is -0.500.